The summed E-state index contributed by atoms with van der Waals surface area (Å²) in [5, 5.41) is 0. The van der Waals surface area contributed by atoms with Gasteiger partial charge in [-0.3, -0.25) is 0 Å². The van der Waals surface area contributed by atoms with Gasteiger partial charge in [-0.2, -0.15) is 0 Å². The Morgan fingerprint density at radius 2 is 2.35 bits per heavy atom. The Bertz CT molecular complexity index is 229. The van der Waals surface area contributed by atoms with E-state index in [1.807, 2.05) is 0 Å². The highest BCUT2D eigenvalue weighted by Gasteiger charge is 2.16. The fourth-order valence-corrected chi connectivity index (χ4v) is 2.34. The minimum absolute atomic E-state index is 0.313. The van der Waals surface area contributed by atoms with E-state index in [1.165, 1.54) is 25.7 Å². The predicted molar refractivity (Wildman–Crippen MR) is 76.3 cm³/mol. The van der Waals surface area contributed by atoms with E-state index >= 15 is 0 Å². The van der Waals surface area contributed by atoms with Crippen molar-refractivity contribution in [2.75, 3.05) is 26.2 Å². The number of hydrogen-bond donors (Lipinski definition) is 1. The van der Waals surface area contributed by atoms with Crippen LogP contribution >= 0.6 is 12.2 Å². The van der Waals surface area contributed by atoms with Crippen LogP contribution in [0.25, 0.3) is 0 Å². The smallest absolute Gasteiger partial charge is 0.0768 e. The van der Waals surface area contributed by atoms with Gasteiger partial charge in [0.15, 0.2) is 0 Å². The standard InChI is InChI=1S/C13H26N2OS/c1-3-15(10-11(2)13(14)17)8-4-6-12-7-5-9-16-12/h11-12H,3-10H2,1-2H3,(H2,14,17). The maximum absolute atomic E-state index is 5.65. The van der Waals surface area contributed by atoms with Gasteiger partial charge in [0, 0.05) is 19.1 Å². The molecule has 0 aliphatic carbocycles. The molecule has 3 nitrogen and oxygen atoms in total. The van der Waals surface area contributed by atoms with Crippen LogP contribution in [0.15, 0.2) is 0 Å². The molecule has 100 valence electrons. The molecular formula is C13H26N2OS. The molecule has 2 unspecified atom stereocenters. The highest BCUT2D eigenvalue weighted by atomic mass is 32.1. The van der Waals surface area contributed by atoms with E-state index in [0.29, 0.717) is 17.0 Å². The molecule has 0 aromatic carbocycles. The molecule has 0 spiro atoms. The van der Waals surface area contributed by atoms with Crippen molar-refractivity contribution >= 4 is 17.2 Å². The second-order valence-corrected chi connectivity index (χ2v) is 5.45. The van der Waals surface area contributed by atoms with Gasteiger partial charge in [0.25, 0.3) is 0 Å². The number of rotatable bonds is 8. The van der Waals surface area contributed by atoms with Crippen molar-refractivity contribution in [2.45, 2.75) is 45.6 Å². The number of nitrogens with zero attached hydrogens (tertiary/aromatic N) is 1. The number of nitrogens with two attached hydrogens (primary N) is 1. The first kappa shape index (κ1) is 14.9. The van der Waals surface area contributed by atoms with Crippen molar-refractivity contribution in [3.8, 4) is 0 Å². The lowest BCUT2D eigenvalue weighted by Gasteiger charge is -2.24. The van der Waals surface area contributed by atoms with E-state index in [0.717, 1.165) is 26.2 Å². The maximum atomic E-state index is 5.65. The van der Waals surface area contributed by atoms with Gasteiger partial charge in [-0.15, -0.1) is 0 Å². The monoisotopic (exact) mass is 258 g/mol. The van der Waals surface area contributed by atoms with Crippen LogP contribution < -0.4 is 5.73 Å². The van der Waals surface area contributed by atoms with Crippen LogP contribution in [0.3, 0.4) is 0 Å². The van der Waals surface area contributed by atoms with Crippen LogP contribution in [0.5, 0.6) is 0 Å². The van der Waals surface area contributed by atoms with Crippen LogP contribution in [0.1, 0.15) is 39.5 Å². The van der Waals surface area contributed by atoms with E-state index in [9.17, 15) is 0 Å². The summed E-state index contributed by atoms with van der Waals surface area (Å²) in [6.07, 6.45) is 5.40. The Balaban J connectivity index is 2.15. The Morgan fingerprint density at radius 3 is 2.88 bits per heavy atom. The summed E-state index contributed by atoms with van der Waals surface area (Å²) in [5.41, 5.74) is 5.65. The van der Waals surface area contributed by atoms with Gasteiger partial charge in [0.2, 0.25) is 0 Å². The topological polar surface area (TPSA) is 38.5 Å². The SMILES string of the molecule is CCN(CCCC1CCCO1)CC(C)C(N)=S. The molecule has 1 aliphatic rings. The molecule has 2 atom stereocenters. The molecular weight excluding hydrogens is 232 g/mol. The lowest BCUT2D eigenvalue weighted by molar-refractivity contribution is 0.0986. The maximum Gasteiger partial charge on any atom is 0.0768 e. The van der Waals surface area contributed by atoms with E-state index in [4.69, 9.17) is 22.7 Å². The summed E-state index contributed by atoms with van der Waals surface area (Å²) in [6.45, 7) is 8.43. The first-order valence-electron chi connectivity index (χ1n) is 6.76. The molecule has 1 fully saturated rings. The van der Waals surface area contributed by atoms with Gasteiger partial charge in [0.05, 0.1) is 11.1 Å². The Labute approximate surface area is 111 Å². The zero-order valence-corrected chi connectivity index (χ0v) is 12.0. The van der Waals surface area contributed by atoms with Crippen molar-refractivity contribution in [3.63, 3.8) is 0 Å². The molecule has 17 heavy (non-hydrogen) atoms. The third-order valence-electron chi connectivity index (χ3n) is 3.49. The number of thiocarbonyl (C=S) groups is 1. The zero-order valence-electron chi connectivity index (χ0n) is 11.2. The molecule has 2 N–H and O–H groups in total. The average Bonchev–Trinajstić information content (AvgIpc) is 2.80. The Hall–Kier alpha value is -0.190. The van der Waals surface area contributed by atoms with Crippen LogP contribution in [0.4, 0.5) is 0 Å². The van der Waals surface area contributed by atoms with E-state index in [2.05, 4.69) is 18.7 Å². The molecule has 0 aromatic rings. The van der Waals surface area contributed by atoms with Crippen LogP contribution in [-0.2, 0) is 4.74 Å². The summed E-state index contributed by atoms with van der Waals surface area (Å²) in [7, 11) is 0. The fourth-order valence-electron chi connectivity index (χ4n) is 2.27. The van der Waals surface area contributed by atoms with Crippen molar-refractivity contribution in [1.82, 2.24) is 4.90 Å². The molecule has 0 radical (unpaired) electrons. The second kappa shape index (κ2) is 8.01. The molecule has 1 heterocycles. The second-order valence-electron chi connectivity index (χ2n) is 4.97. The first-order chi connectivity index (χ1) is 8.13. The van der Waals surface area contributed by atoms with Gasteiger partial charge in [0.1, 0.15) is 0 Å². The van der Waals surface area contributed by atoms with Gasteiger partial charge < -0.3 is 15.4 Å². The third kappa shape index (κ3) is 5.80. The molecule has 4 heteroatoms. The van der Waals surface area contributed by atoms with E-state index < -0.39 is 0 Å². The van der Waals surface area contributed by atoms with Crippen LogP contribution in [-0.4, -0.2) is 42.2 Å². The highest BCUT2D eigenvalue weighted by molar-refractivity contribution is 7.80. The average molecular weight is 258 g/mol. The van der Waals surface area contributed by atoms with Gasteiger partial charge in [-0.25, -0.2) is 0 Å². The number of hydrogen-bond acceptors (Lipinski definition) is 3. The van der Waals surface area contributed by atoms with Gasteiger partial charge >= 0.3 is 0 Å². The lowest BCUT2D eigenvalue weighted by Crippen LogP contribution is -2.34. The van der Waals surface area contributed by atoms with Gasteiger partial charge in [-0.05, 0) is 38.8 Å². The molecule has 1 saturated heterocycles. The predicted octanol–water partition coefficient (Wildman–Crippen LogP) is 2.19. The summed E-state index contributed by atoms with van der Waals surface area (Å²) < 4.78 is 5.63. The van der Waals surface area contributed by atoms with E-state index in [-0.39, 0.29) is 0 Å². The third-order valence-corrected chi connectivity index (χ3v) is 3.89. The van der Waals surface area contributed by atoms with Gasteiger partial charge in [-0.1, -0.05) is 26.1 Å². The van der Waals surface area contributed by atoms with Crippen molar-refractivity contribution in [1.29, 1.82) is 0 Å². The first-order valence-corrected chi connectivity index (χ1v) is 7.17. The molecule has 0 aromatic heterocycles. The van der Waals surface area contributed by atoms with Crippen molar-refractivity contribution in [2.24, 2.45) is 11.7 Å². The Kier molecular flexibility index (Phi) is 7.00. The molecule has 0 bridgehead atoms. The molecule has 0 saturated carbocycles. The van der Waals surface area contributed by atoms with Crippen molar-refractivity contribution < 1.29 is 4.74 Å². The fraction of sp³-hybridized carbons (Fsp3) is 0.923. The molecule has 1 rings (SSSR count). The van der Waals surface area contributed by atoms with Crippen LogP contribution in [0, 0.1) is 5.92 Å². The zero-order chi connectivity index (χ0) is 12.7. The number of ether oxygens (including phenoxy) is 1. The molecule has 0 amide bonds. The van der Waals surface area contributed by atoms with Crippen molar-refractivity contribution in [3.05, 3.63) is 0 Å². The lowest BCUT2D eigenvalue weighted by atomic mass is 10.1. The van der Waals surface area contributed by atoms with E-state index in [1.54, 1.807) is 0 Å². The summed E-state index contributed by atoms with van der Waals surface area (Å²) >= 11 is 5.02. The largest absolute Gasteiger partial charge is 0.393 e. The summed E-state index contributed by atoms with van der Waals surface area (Å²) in [5.74, 6) is 0.313. The summed E-state index contributed by atoms with van der Waals surface area (Å²) in [6, 6.07) is 0. The van der Waals surface area contributed by atoms with Crippen LogP contribution in [0.2, 0.25) is 0 Å². The minimum Gasteiger partial charge on any atom is -0.393 e. The quantitative estimate of drug-likeness (QED) is 0.677. The molecule has 1 aliphatic heterocycles. The normalized spacial score (nSPS) is 21.9. The summed E-state index contributed by atoms with van der Waals surface area (Å²) in [4.78, 5) is 3.06. The Morgan fingerprint density at radius 1 is 1.59 bits per heavy atom. The highest BCUT2D eigenvalue weighted by Crippen LogP contribution is 2.17. The minimum atomic E-state index is 0.313.